The van der Waals surface area contributed by atoms with Crippen LogP contribution in [0.25, 0.3) is 11.1 Å². The van der Waals surface area contributed by atoms with Gasteiger partial charge < -0.3 is 15.1 Å². The number of rotatable bonds is 3. The average molecular weight is 191 g/mol. The molecule has 0 unspecified atom stereocenters. The third kappa shape index (κ3) is 1.44. The van der Waals surface area contributed by atoms with Crippen molar-refractivity contribution in [1.82, 2.24) is 4.98 Å². The molecule has 0 bridgehead atoms. The summed E-state index contributed by atoms with van der Waals surface area (Å²) in [5.41, 5.74) is 7.28. The molecule has 4 nitrogen and oxygen atoms in total. The van der Waals surface area contributed by atoms with E-state index in [0.717, 1.165) is 17.6 Å². The minimum atomic E-state index is 0.637. The maximum absolute atomic E-state index is 5.51. The molecule has 4 heteroatoms. The van der Waals surface area contributed by atoms with Gasteiger partial charge in [-0.25, -0.2) is 4.98 Å². The van der Waals surface area contributed by atoms with Gasteiger partial charge >= 0.3 is 0 Å². The molecule has 2 aromatic rings. The largest absolute Gasteiger partial charge is 0.446 e. The SMILES string of the molecule is CN(CCN)c1ccnc2occc12. The number of nitrogens with two attached hydrogens (primary N) is 1. The molecule has 0 fully saturated rings. The minimum Gasteiger partial charge on any atom is -0.446 e. The summed E-state index contributed by atoms with van der Waals surface area (Å²) in [4.78, 5) is 6.22. The first-order valence-electron chi connectivity index (χ1n) is 4.56. The Labute approximate surface area is 82.3 Å². The molecular weight excluding hydrogens is 178 g/mol. The van der Waals surface area contributed by atoms with Gasteiger partial charge in [0.25, 0.3) is 0 Å². The maximum Gasteiger partial charge on any atom is 0.227 e. The van der Waals surface area contributed by atoms with E-state index < -0.39 is 0 Å². The second kappa shape index (κ2) is 3.67. The summed E-state index contributed by atoms with van der Waals surface area (Å²) in [6.45, 7) is 1.46. The highest BCUT2D eigenvalue weighted by atomic mass is 16.3. The molecule has 0 saturated heterocycles. The van der Waals surface area contributed by atoms with Gasteiger partial charge in [-0.1, -0.05) is 0 Å². The quantitative estimate of drug-likeness (QED) is 0.792. The van der Waals surface area contributed by atoms with Crippen molar-refractivity contribution in [3.8, 4) is 0 Å². The minimum absolute atomic E-state index is 0.637. The summed E-state index contributed by atoms with van der Waals surface area (Å²) >= 11 is 0. The number of aromatic nitrogens is 1. The zero-order chi connectivity index (χ0) is 9.97. The first-order valence-corrected chi connectivity index (χ1v) is 4.56. The molecule has 2 heterocycles. The average Bonchev–Trinajstić information content (AvgIpc) is 2.65. The number of furan rings is 1. The molecule has 2 rings (SSSR count). The van der Waals surface area contributed by atoms with Gasteiger partial charge in [0.15, 0.2) is 0 Å². The van der Waals surface area contributed by atoms with E-state index in [2.05, 4.69) is 9.88 Å². The van der Waals surface area contributed by atoms with Crippen molar-refractivity contribution in [3.63, 3.8) is 0 Å². The van der Waals surface area contributed by atoms with Crippen LogP contribution in [0.4, 0.5) is 5.69 Å². The van der Waals surface area contributed by atoms with Gasteiger partial charge in [-0.05, 0) is 12.1 Å². The second-order valence-electron chi connectivity index (χ2n) is 3.18. The fourth-order valence-corrected chi connectivity index (χ4v) is 1.51. The highest BCUT2D eigenvalue weighted by Crippen LogP contribution is 2.24. The first-order chi connectivity index (χ1) is 6.83. The van der Waals surface area contributed by atoms with E-state index in [4.69, 9.17) is 10.2 Å². The van der Waals surface area contributed by atoms with Crippen LogP contribution in [0.1, 0.15) is 0 Å². The predicted molar refractivity (Wildman–Crippen MR) is 56.3 cm³/mol. The zero-order valence-electron chi connectivity index (χ0n) is 8.10. The molecule has 0 aromatic carbocycles. The third-order valence-corrected chi connectivity index (χ3v) is 2.22. The smallest absolute Gasteiger partial charge is 0.227 e. The van der Waals surface area contributed by atoms with E-state index in [-0.39, 0.29) is 0 Å². The van der Waals surface area contributed by atoms with E-state index in [1.165, 1.54) is 0 Å². The zero-order valence-corrected chi connectivity index (χ0v) is 8.10. The number of hydrogen-bond acceptors (Lipinski definition) is 4. The summed E-state index contributed by atoms with van der Waals surface area (Å²) in [6, 6.07) is 3.89. The molecule has 2 N–H and O–H groups in total. The van der Waals surface area contributed by atoms with Crippen LogP contribution < -0.4 is 10.6 Å². The fourth-order valence-electron chi connectivity index (χ4n) is 1.51. The Kier molecular flexibility index (Phi) is 2.37. The van der Waals surface area contributed by atoms with Gasteiger partial charge in [-0.3, -0.25) is 0 Å². The van der Waals surface area contributed by atoms with Crippen LogP contribution in [0.5, 0.6) is 0 Å². The van der Waals surface area contributed by atoms with Gasteiger partial charge in [0, 0.05) is 26.3 Å². The van der Waals surface area contributed by atoms with Gasteiger partial charge in [0.05, 0.1) is 17.3 Å². The Balaban J connectivity index is 2.45. The van der Waals surface area contributed by atoms with Gasteiger partial charge in [-0.2, -0.15) is 0 Å². The van der Waals surface area contributed by atoms with Crippen LogP contribution in [0.15, 0.2) is 29.0 Å². The summed E-state index contributed by atoms with van der Waals surface area (Å²) < 4.78 is 5.22. The standard InChI is InChI=1S/C10H13N3O/c1-13(6-4-11)9-2-5-12-10-8(9)3-7-14-10/h2-3,5,7H,4,6,11H2,1H3. The molecular formula is C10H13N3O. The molecule has 0 saturated carbocycles. The van der Waals surface area contributed by atoms with Crippen LogP contribution in [-0.2, 0) is 0 Å². The van der Waals surface area contributed by atoms with Crippen LogP contribution in [0, 0.1) is 0 Å². The lowest BCUT2D eigenvalue weighted by molar-refractivity contribution is 0.603. The number of anilines is 1. The molecule has 74 valence electrons. The van der Waals surface area contributed by atoms with E-state index in [1.807, 2.05) is 19.2 Å². The highest BCUT2D eigenvalue weighted by Gasteiger charge is 2.07. The van der Waals surface area contributed by atoms with Crippen molar-refractivity contribution in [2.75, 3.05) is 25.0 Å². The first kappa shape index (κ1) is 9.02. The molecule has 0 amide bonds. The molecule has 0 aliphatic rings. The monoisotopic (exact) mass is 191 g/mol. The van der Waals surface area contributed by atoms with Crippen molar-refractivity contribution in [3.05, 3.63) is 24.6 Å². The van der Waals surface area contributed by atoms with Crippen molar-refractivity contribution in [2.24, 2.45) is 5.73 Å². The Bertz CT molecular complexity index is 424. The third-order valence-electron chi connectivity index (χ3n) is 2.22. The topological polar surface area (TPSA) is 55.3 Å². The molecule has 14 heavy (non-hydrogen) atoms. The van der Waals surface area contributed by atoms with Gasteiger partial charge in [0.1, 0.15) is 0 Å². The Morgan fingerprint density at radius 2 is 2.36 bits per heavy atom. The van der Waals surface area contributed by atoms with Gasteiger partial charge in [0.2, 0.25) is 5.71 Å². The van der Waals surface area contributed by atoms with Crippen molar-refractivity contribution >= 4 is 16.8 Å². The molecule has 0 aliphatic carbocycles. The predicted octanol–water partition coefficient (Wildman–Crippen LogP) is 1.22. The normalized spacial score (nSPS) is 10.7. The fraction of sp³-hybridized carbons (Fsp3) is 0.300. The van der Waals surface area contributed by atoms with Crippen LogP contribution in [0.2, 0.25) is 0 Å². The van der Waals surface area contributed by atoms with Crippen LogP contribution in [-0.4, -0.2) is 25.1 Å². The number of hydrogen-bond donors (Lipinski definition) is 1. The highest BCUT2D eigenvalue weighted by molar-refractivity contribution is 5.88. The number of likely N-dealkylation sites (N-methyl/N-ethyl adjacent to an activating group) is 1. The number of pyridine rings is 1. The Morgan fingerprint density at radius 3 is 3.14 bits per heavy atom. The Morgan fingerprint density at radius 1 is 1.50 bits per heavy atom. The second-order valence-corrected chi connectivity index (χ2v) is 3.18. The summed E-state index contributed by atoms with van der Waals surface area (Å²) in [5, 5.41) is 1.03. The van der Waals surface area contributed by atoms with Crippen LogP contribution in [0.3, 0.4) is 0 Å². The lowest BCUT2D eigenvalue weighted by Crippen LogP contribution is -2.25. The lowest BCUT2D eigenvalue weighted by Gasteiger charge is -2.18. The number of fused-ring (bicyclic) bond motifs is 1. The van der Waals surface area contributed by atoms with Crippen molar-refractivity contribution < 1.29 is 4.42 Å². The molecule has 0 atom stereocenters. The van der Waals surface area contributed by atoms with Crippen molar-refractivity contribution in [1.29, 1.82) is 0 Å². The van der Waals surface area contributed by atoms with E-state index in [9.17, 15) is 0 Å². The van der Waals surface area contributed by atoms with E-state index in [1.54, 1.807) is 12.5 Å². The Hall–Kier alpha value is -1.55. The molecule has 0 aliphatic heterocycles. The summed E-state index contributed by atoms with van der Waals surface area (Å²) in [7, 11) is 2.01. The summed E-state index contributed by atoms with van der Waals surface area (Å²) in [6.07, 6.45) is 3.39. The lowest BCUT2D eigenvalue weighted by atomic mass is 10.2. The molecule has 0 spiro atoms. The summed E-state index contributed by atoms with van der Waals surface area (Å²) in [5.74, 6) is 0. The molecule has 2 aromatic heterocycles. The number of nitrogens with zero attached hydrogens (tertiary/aromatic N) is 2. The maximum atomic E-state index is 5.51. The van der Waals surface area contributed by atoms with Gasteiger partial charge in [-0.15, -0.1) is 0 Å². The van der Waals surface area contributed by atoms with Crippen LogP contribution >= 0.6 is 0 Å². The van der Waals surface area contributed by atoms with E-state index in [0.29, 0.717) is 12.3 Å². The van der Waals surface area contributed by atoms with E-state index >= 15 is 0 Å². The van der Waals surface area contributed by atoms with Crippen molar-refractivity contribution in [2.45, 2.75) is 0 Å². The molecule has 0 radical (unpaired) electrons.